The maximum absolute atomic E-state index is 4.03. The van der Waals surface area contributed by atoms with Crippen LogP contribution in [0, 0.1) is 14.9 Å². The van der Waals surface area contributed by atoms with Gasteiger partial charge in [-0.3, -0.25) is 0 Å². The van der Waals surface area contributed by atoms with E-state index in [1.807, 2.05) is 13.1 Å². The zero-order valence-electron chi connectivity index (χ0n) is 8.83. The standard InChI is InChI=1S/C9H12N.2CH3.Al/c1-10-8-7-9-5-3-2-4-6-9;;;/h2-6H,7-8H2,1H3;2*1H3;/q3*-1;+3. The van der Waals surface area contributed by atoms with Gasteiger partial charge in [0.2, 0.25) is 0 Å². The third-order valence-electron chi connectivity index (χ3n) is 1.47. The number of benzene rings is 1. The predicted molar refractivity (Wildman–Crippen MR) is 62.9 cm³/mol. The van der Waals surface area contributed by atoms with Crippen molar-refractivity contribution in [2.75, 3.05) is 13.6 Å². The average molecular weight is 191 g/mol. The Balaban J connectivity index is -0.000000333. The van der Waals surface area contributed by atoms with Crippen LogP contribution in [-0.2, 0) is 6.42 Å². The molecule has 0 saturated heterocycles. The molecule has 0 unspecified atom stereocenters. The topological polar surface area (TPSA) is 14.1 Å². The number of hydrogen-bond donors (Lipinski definition) is 0. The summed E-state index contributed by atoms with van der Waals surface area (Å²) in [5, 5.41) is 4.03. The second kappa shape index (κ2) is 11.7. The Bertz CT molecular complexity index is 175. The maximum atomic E-state index is 4.03. The van der Waals surface area contributed by atoms with Crippen molar-refractivity contribution in [2.24, 2.45) is 0 Å². The minimum atomic E-state index is 0. The largest absolute Gasteiger partial charge is 3.00 e. The quantitative estimate of drug-likeness (QED) is 0.515. The van der Waals surface area contributed by atoms with E-state index in [1.54, 1.807) is 0 Å². The Hall–Kier alpha value is -0.288. The molecule has 13 heavy (non-hydrogen) atoms. The van der Waals surface area contributed by atoms with E-state index < -0.39 is 0 Å². The van der Waals surface area contributed by atoms with Gasteiger partial charge in [0.25, 0.3) is 0 Å². The SMILES string of the molecule is C[N-]CCc1ccccc1.[Al+3].[CH3-].[CH3-]. The van der Waals surface area contributed by atoms with Crippen LogP contribution in [0.2, 0.25) is 0 Å². The molecule has 0 saturated carbocycles. The summed E-state index contributed by atoms with van der Waals surface area (Å²) >= 11 is 0. The molecule has 0 N–H and O–H groups in total. The fraction of sp³-hybridized carbons (Fsp3) is 0.273. The molecule has 1 rings (SSSR count). The van der Waals surface area contributed by atoms with Gasteiger partial charge in [-0.15, -0.1) is 6.54 Å². The normalized spacial score (nSPS) is 7.46. The zero-order valence-corrected chi connectivity index (χ0v) is 9.98. The van der Waals surface area contributed by atoms with Crippen molar-refractivity contribution in [3.63, 3.8) is 0 Å². The second-order valence-corrected chi connectivity index (χ2v) is 2.28. The van der Waals surface area contributed by atoms with Gasteiger partial charge in [-0.1, -0.05) is 30.3 Å². The summed E-state index contributed by atoms with van der Waals surface area (Å²) in [4.78, 5) is 0. The summed E-state index contributed by atoms with van der Waals surface area (Å²) in [5.74, 6) is 0. The molecule has 0 spiro atoms. The molecule has 0 radical (unpaired) electrons. The van der Waals surface area contributed by atoms with E-state index in [0.29, 0.717) is 0 Å². The number of likely N-dealkylation sites (N-methyl/N-ethyl adjacent to an activating group) is 1. The fourth-order valence-corrected chi connectivity index (χ4v) is 0.886. The van der Waals surface area contributed by atoms with E-state index >= 15 is 0 Å². The van der Waals surface area contributed by atoms with Crippen LogP contribution >= 0.6 is 0 Å². The first kappa shape index (κ1) is 18.5. The van der Waals surface area contributed by atoms with Gasteiger partial charge in [0.15, 0.2) is 0 Å². The molecular formula is C11H18AlN. The number of rotatable bonds is 3. The minimum Gasteiger partial charge on any atom is -0.665 e. The van der Waals surface area contributed by atoms with Gasteiger partial charge in [0.05, 0.1) is 0 Å². The van der Waals surface area contributed by atoms with Gasteiger partial charge >= 0.3 is 17.4 Å². The summed E-state index contributed by atoms with van der Waals surface area (Å²) in [5.41, 5.74) is 1.37. The monoisotopic (exact) mass is 191 g/mol. The van der Waals surface area contributed by atoms with Crippen molar-refractivity contribution in [3.05, 3.63) is 56.1 Å². The first-order chi connectivity index (χ1) is 4.93. The van der Waals surface area contributed by atoms with Crippen LogP contribution in [0.1, 0.15) is 5.56 Å². The molecule has 70 valence electrons. The number of hydrogen-bond acceptors (Lipinski definition) is 0. The van der Waals surface area contributed by atoms with E-state index in [4.69, 9.17) is 0 Å². The molecule has 0 heterocycles. The van der Waals surface area contributed by atoms with E-state index in [-0.39, 0.29) is 32.2 Å². The van der Waals surface area contributed by atoms with Crippen molar-refractivity contribution in [1.29, 1.82) is 0 Å². The molecule has 0 amide bonds. The Labute approximate surface area is 93.7 Å². The smallest absolute Gasteiger partial charge is 0.665 e. The van der Waals surface area contributed by atoms with Crippen molar-refractivity contribution < 1.29 is 0 Å². The van der Waals surface area contributed by atoms with Gasteiger partial charge in [0, 0.05) is 0 Å². The van der Waals surface area contributed by atoms with Gasteiger partial charge in [-0.05, 0) is 12.0 Å². The van der Waals surface area contributed by atoms with Gasteiger partial charge in [-0.2, -0.15) is 7.05 Å². The van der Waals surface area contributed by atoms with Crippen LogP contribution in [0.15, 0.2) is 30.3 Å². The number of nitrogens with zero attached hydrogens (tertiary/aromatic N) is 1. The second-order valence-electron chi connectivity index (χ2n) is 2.28. The molecule has 1 nitrogen and oxygen atoms in total. The average Bonchev–Trinajstić information content (AvgIpc) is 2.03. The third-order valence-corrected chi connectivity index (χ3v) is 1.47. The summed E-state index contributed by atoms with van der Waals surface area (Å²) in [7, 11) is 1.85. The summed E-state index contributed by atoms with van der Waals surface area (Å²) in [6, 6.07) is 10.4. The van der Waals surface area contributed by atoms with Gasteiger partial charge in [-0.25, -0.2) is 0 Å². The molecule has 0 atom stereocenters. The van der Waals surface area contributed by atoms with Crippen LogP contribution in [0.5, 0.6) is 0 Å². The minimum absolute atomic E-state index is 0. The summed E-state index contributed by atoms with van der Waals surface area (Å²) < 4.78 is 0. The fourth-order valence-electron chi connectivity index (χ4n) is 0.886. The Kier molecular flexibility index (Phi) is 16.7. The first-order valence-electron chi connectivity index (χ1n) is 3.53. The van der Waals surface area contributed by atoms with Crippen LogP contribution < -0.4 is 0 Å². The van der Waals surface area contributed by atoms with Gasteiger partial charge < -0.3 is 20.2 Å². The third kappa shape index (κ3) is 8.05. The molecule has 1 aromatic carbocycles. The predicted octanol–water partition coefficient (Wildman–Crippen LogP) is 2.75. The zero-order chi connectivity index (χ0) is 7.23. The molecular weight excluding hydrogens is 173 g/mol. The molecule has 0 aliphatic carbocycles. The van der Waals surface area contributed by atoms with Crippen LogP contribution in [-0.4, -0.2) is 31.0 Å². The van der Waals surface area contributed by atoms with E-state index in [2.05, 4.69) is 29.6 Å². The summed E-state index contributed by atoms with van der Waals surface area (Å²) in [6.45, 7) is 0.935. The molecule has 0 aliphatic heterocycles. The van der Waals surface area contributed by atoms with Crippen molar-refractivity contribution in [1.82, 2.24) is 0 Å². The molecule has 0 aliphatic rings. The summed E-state index contributed by atoms with van der Waals surface area (Å²) in [6.07, 6.45) is 1.07. The van der Waals surface area contributed by atoms with Crippen molar-refractivity contribution >= 4 is 17.4 Å². The van der Waals surface area contributed by atoms with Crippen LogP contribution in [0.25, 0.3) is 5.32 Å². The van der Waals surface area contributed by atoms with E-state index in [1.165, 1.54) is 5.56 Å². The molecule has 1 aromatic rings. The van der Waals surface area contributed by atoms with Crippen molar-refractivity contribution in [3.8, 4) is 0 Å². The van der Waals surface area contributed by atoms with Crippen LogP contribution in [0.3, 0.4) is 0 Å². The van der Waals surface area contributed by atoms with Crippen molar-refractivity contribution in [2.45, 2.75) is 6.42 Å². The molecule has 0 bridgehead atoms. The van der Waals surface area contributed by atoms with Gasteiger partial charge in [0.1, 0.15) is 0 Å². The van der Waals surface area contributed by atoms with E-state index in [0.717, 1.165) is 13.0 Å². The molecule has 0 aromatic heterocycles. The first-order valence-corrected chi connectivity index (χ1v) is 3.53. The molecule has 2 heteroatoms. The maximum Gasteiger partial charge on any atom is 3.00 e. The Morgan fingerprint density at radius 3 is 2.08 bits per heavy atom. The Morgan fingerprint density at radius 1 is 1.08 bits per heavy atom. The van der Waals surface area contributed by atoms with E-state index in [9.17, 15) is 0 Å². The Morgan fingerprint density at radius 2 is 1.62 bits per heavy atom. The molecule has 0 fully saturated rings. The van der Waals surface area contributed by atoms with Crippen LogP contribution in [0.4, 0.5) is 0 Å².